The highest BCUT2D eigenvalue weighted by atomic mass is 35.5. The minimum absolute atomic E-state index is 0.0685. The van der Waals surface area contributed by atoms with Gasteiger partial charge in [-0.15, -0.1) is 0 Å². The van der Waals surface area contributed by atoms with Crippen molar-refractivity contribution in [3.8, 4) is 0 Å². The van der Waals surface area contributed by atoms with E-state index in [1.165, 1.54) is 7.11 Å². The molecular formula is C15H11Cl4O2. The van der Waals surface area contributed by atoms with Gasteiger partial charge in [0.25, 0.3) is 0 Å². The third-order valence-corrected chi connectivity index (χ3v) is 4.05. The van der Waals surface area contributed by atoms with E-state index in [1.54, 1.807) is 30.3 Å². The second-order valence-corrected chi connectivity index (χ2v) is 6.12. The van der Waals surface area contributed by atoms with Gasteiger partial charge in [-0.3, -0.25) is 0 Å². The van der Waals surface area contributed by atoms with E-state index in [2.05, 4.69) is 6.07 Å². The average molecular weight is 365 g/mol. The highest BCUT2D eigenvalue weighted by Crippen LogP contribution is 2.40. The summed E-state index contributed by atoms with van der Waals surface area (Å²) in [5, 5.41) is 12.4. The van der Waals surface area contributed by atoms with Crippen molar-refractivity contribution < 1.29 is 9.84 Å². The summed E-state index contributed by atoms with van der Waals surface area (Å²) >= 11 is 24.4. The van der Waals surface area contributed by atoms with Gasteiger partial charge in [0, 0.05) is 33.8 Å². The van der Waals surface area contributed by atoms with E-state index in [0.717, 1.165) is 0 Å². The fourth-order valence-corrected chi connectivity index (χ4v) is 3.34. The van der Waals surface area contributed by atoms with E-state index in [-0.39, 0.29) is 11.6 Å². The monoisotopic (exact) mass is 363 g/mol. The molecule has 0 bridgehead atoms. The standard InChI is InChI=1S/C15H11Cl4O2/c1-21-8-15(20,9-5-10(16)7-11(17)6-9)14-12(18)3-2-4-13(14)19/h2-3,5-7,20H,8H2,1H3. The summed E-state index contributed by atoms with van der Waals surface area (Å²) in [6.45, 7) is -0.0685. The van der Waals surface area contributed by atoms with Crippen LogP contribution in [0.15, 0.2) is 30.3 Å². The lowest BCUT2D eigenvalue weighted by Crippen LogP contribution is -2.33. The minimum Gasteiger partial charge on any atom is -0.381 e. The molecule has 2 aromatic carbocycles. The van der Waals surface area contributed by atoms with Crippen molar-refractivity contribution in [1.29, 1.82) is 0 Å². The van der Waals surface area contributed by atoms with Gasteiger partial charge in [0.2, 0.25) is 0 Å². The molecule has 0 saturated heterocycles. The predicted molar refractivity (Wildman–Crippen MR) is 86.6 cm³/mol. The Balaban J connectivity index is 2.70. The van der Waals surface area contributed by atoms with Crippen LogP contribution in [0.25, 0.3) is 0 Å². The molecule has 2 nitrogen and oxygen atoms in total. The molecule has 111 valence electrons. The van der Waals surface area contributed by atoms with Gasteiger partial charge < -0.3 is 9.84 Å². The van der Waals surface area contributed by atoms with E-state index in [1.807, 2.05) is 0 Å². The molecule has 6 heteroatoms. The lowest BCUT2D eigenvalue weighted by atomic mass is 9.87. The van der Waals surface area contributed by atoms with Crippen molar-refractivity contribution in [2.75, 3.05) is 13.7 Å². The summed E-state index contributed by atoms with van der Waals surface area (Å²) in [4.78, 5) is 0. The summed E-state index contributed by atoms with van der Waals surface area (Å²) in [5.74, 6) is 0. The molecule has 1 N–H and O–H groups in total. The van der Waals surface area contributed by atoms with Gasteiger partial charge in [-0.2, -0.15) is 0 Å². The molecule has 0 aliphatic carbocycles. The topological polar surface area (TPSA) is 29.5 Å². The molecule has 0 aliphatic rings. The van der Waals surface area contributed by atoms with Crippen LogP contribution in [0.5, 0.6) is 0 Å². The zero-order valence-corrected chi connectivity index (χ0v) is 14.0. The Morgan fingerprint density at radius 3 is 2.29 bits per heavy atom. The van der Waals surface area contributed by atoms with E-state index in [0.29, 0.717) is 26.2 Å². The average Bonchev–Trinajstić information content (AvgIpc) is 2.37. The van der Waals surface area contributed by atoms with Crippen molar-refractivity contribution in [2.45, 2.75) is 5.60 Å². The van der Waals surface area contributed by atoms with Crippen LogP contribution in [-0.4, -0.2) is 18.8 Å². The molecule has 0 aromatic heterocycles. The van der Waals surface area contributed by atoms with Crippen molar-refractivity contribution in [1.82, 2.24) is 0 Å². The number of rotatable bonds is 4. The number of benzene rings is 2. The predicted octanol–water partition coefficient (Wildman–Crippen LogP) is 4.98. The number of methoxy groups -OCH3 is 1. The minimum atomic E-state index is -1.59. The first-order valence-corrected chi connectivity index (χ1v) is 7.43. The van der Waals surface area contributed by atoms with Crippen molar-refractivity contribution in [3.63, 3.8) is 0 Å². The molecular weight excluding hydrogens is 354 g/mol. The van der Waals surface area contributed by atoms with Gasteiger partial charge in [-0.05, 0) is 29.8 Å². The number of aliphatic hydroxyl groups is 1. The number of hydrogen-bond acceptors (Lipinski definition) is 2. The van der Waals surface area contributed by atoms with E-state index >= 15 is 0 Å². The first kappa shape index (κ1) is 16.9. The molecule has 0 spiro atoms. The van der Waals surface area contributed by atoms with Crippen LogP contribution in [0.2, 0.25) is 20.1 Å². The van der Waals surface area contributed by atoms with Gasteiger partial charge in [-0.25, -0.2) is 0 Å². The summed E-state index contributed by atoms with van der Waals surface area (Å²) in [6.07, 6.45) is 0. The molecule has 2 rings (SSSR count). The molecule has 0 heterocycles. The second kappa shape index (κ2) is 6.74. The van der Waals surface area contributed by atoms with Crippen LogP contribution in [0.1, 0.15) is 11.1 Å². The Kier molecular flexibility index (Phi) is 5.42. The van der Waals surface area contributed by atoms with Crippen LogP contribution in [-0.2, 0) is 10.3 Å². The lowest BCUT2D eigenvalue weighted by Gasteiger charge is -2.30. The Hall–Kier alpha value is -0.480. The molecule has 2 aromatic rings. The zero-order chi connectivity index (χ0) is 15.6. The SMILES string of the molecule is COCC(O)(c1cc(Cl)cc(Cl)c1)c1c(Cl)[c]ccc1Cl. The molecule has 1 radical (unpaired) electrons. The molecule has 0 fully saturated rings. The normalized spacial score (nSPS) is 14.0. The Labute approximate surface area is 143 Å². The fourth-order valence-electron chi connectivity index (χ4n) is 2.13. The molecule has 0 amide bonds. The second-order valence-electron chi connectivity index (χ2n) is 4.47. The lowest BCUT2D eigenvalue weighted by molar-refractivity contribution is -0.00313. The number of hydrogen-bond donors (Lipinski definition) is 1. The Morgan fingerprint density at radius 1 is 1.14 bits per heavy atom. The smallest absolute Gasteiger partial charge is 0.141 e. The van der Waals surface area contributed by atoms with E-state index in [9.17, 15) is 5.11 Å². The third kappa shape index (κ3) is 3.48. The van der Waals surface area contributed by atoms with Gasteiger partial charge in [0.1, 0.15) is 5.60 Å². The van der Waals surface area contributed by atoms with Crippen LogP contribution in [0, 0.1) is 6.07 Å². The third-order valence-electron chi connectivity index (χ3n) is 3.00. The molecule has 0 saturated carbocycles. The highest BCUT2D eigenvalue weighted by molar-refractivity contribution is 6.36. The van der Waals surface area contributed by atoms with Crippen LogP contribution in [0.3, 0.4) is 0 Å². The van der Waals surface area contributed by atoms with Gasteiger partial charge >= 0.3 is 0 Å². The van der Waals surface area contributed by atoms with Crippen molar-refractivity contribution in [2.24, 2.45) is 0 Å². The molecule has 1 unspecified atom stereocenters. The highest BCUT2D eigenvalue weighted by Gasteiger charge is 2.36. The first-order chi connectivity index (χ1) is 9.88. The first-order valence-electron chi connectivity index (χ1n) is 5.92. The fraction of sp³-hybridized carbons (Fsp3) is 0.200. The Morgan fingerprint density at radius 2 is 1.76 bits per heavy atom. The van der Waals surface area contributed by atoms with E-state index in [4.69, 9.17) is 51.1 Å². The maximum absolute atomic E-state index is 11.1. The van der Waals surface area contributed by atoms with Crippen molar-refractivity contribution >= 4 is 46.4 Å². The van der Waals surface area contributed by atoms with Crippen LogP contribution in [0.4, 0.5) is 0 Å². The van der Waals surface area contributed by atoms with Gasteiger partial charge in [-0.1, -0.05) is 52.5 Å². The maximum Gasteiger partial charge on any atom is 0.141 e. The summed E-state index contributed by atoms with van der Waals surface area (Å²) in [6, 6.07) is 10.7. The Bertz CT molecular complexity index is 620. The van der Waals surface area contributed by atoms with Gasteiger partial charge in [0.05, 0.1) is 11.6 Å². The zero-order valence-electron chi connectivity index (χ0n) is 11.0. The quantitative estimate of drug-likeness (QED) is 0.828. The molecule has 1 atom stereocenters. The van der Waals surface area contributed by atoms with Crippen molar-refractivity contribution in [3.05, 3.63) is 67.6 Å². The largest absolute Gasteiger partial charge is 0.381 e. The summed E-state index contributed by atoms with van der Waals surface area (Å²) in [7, 11) is 1.46. The molecule has 0 aliphatic heterocycles. The van der Waals surface area contributed by atoms with E-state index < -0.39 is 5.60 Å². The number of halogens is 4. The summed E-state index contributed by atoms with van der Waals surface area (Å²) < 4.78 is 5.14. The molecule has 21 heavy (non-hydrogen) atoms. The number of ether oxygens (including phenoxy) is 1. The van der Waals surface area contributed by atoms with Gasteiger partial charge in [0.15, 0.2) is 0 Å². The maximum atomic E-state index is 11.1. The summed E-state index contributed by atoms with van der Waals surface area (Å²) in [5.41, 5.74) is -0.853. The van der Waals surface area contributed by atoms with Crippen LogP contribution >= 0.6 is 46.4 Å². The van der Waals surface area contributed by atoms with Crippen LogP contribution < -0.4 is 0 Å².